The molecule has 19 heavy (non-hydrogen) atoms. The molecule has 1 amide bonds. The van der Waals surface area contributed by atoms with Gasteiger partial charge in [-0.3, -0.25) is 4.79 Å². The lowest BCUT2D eigenvalue weighted by Crippen LogP contribution is -2.26. The molecule has 0 bridgehead atoms. The molecule has 2 rings (SSSR count). The number of nitrogens with zero attached hydrogens (tertiary/aromatic N) is 2. The SMILES string of the molecule is COc1ccc(N(C)C(=O)c2sccc2Br)c(C)n1. The summed E-state index contributed by atoms with van der Waals surface area (Å²) in [6, 6.07) is 5.45. The molecule has 2 aromatic rings. The number of pyridine rings is 1. The zero-order chi connectivity index (χ0) is 14.0. The smallest absolute Gasteiger partial charge is 0.269 e. The minimum Gasteiger partial charge on any atom is -0.481 e. The Bertz CT molecular complexity index is 612. The van der Waals surface area contributed by atoms with Crippen LogP contribution in [0.2, 0.25) is 0 Å². The van der Waals surface area contributed by atoms with Gasteiger partial charge in [-0.25, -0.2) is 4.98 Å². The number of amides is 1. The van der Waals surface area contributed by atoms with E-state index in [-0.39, 0.29) is 5.91 Å². The van der Waals surface area contributed by atoms with E-state index in [1.54, 1.807) is 25.1 Å². The third-order valence-electron chi connectivity index (χ3n) is 2.72. The predicted octanol–water partition coefficient (Wildman–Crippen LogP) is 3.50. The first-order chi connectivity index (χ1) is 9.04. The highest BCUT2D eigenvalue weighted by Crippen LogP contribution is 2.27. The molecule has 0 aliphatic heterocycles. The Hall–Kier alpha value is -1.40. The summed E-state index contributed by atoms with van der Waals surface area (Å²) >= 11 is 4.79. The van der Waals surface area contributed by atoms with Gasteiger partial charge in [0.1, 0.15) is 4.88 Å². The van der Waals surface area contributed by atoms with Crippen molar-refractivity contribution in [3.8, 4) is 5.88 Å². The monoisotopic (exact) mass is 340 g/mol. The standard InChI is InChI=1S/C13H13BrN2O2S/c1-8-10(4-5-11(15-8)18-3)16(2)13(17)12-9(14)6-7-19-12/h4-7H,1-3H3. The number of carbonyl (C=O) groups excluding carboxylic acids is 1. The van der Waals surface area contributed by atoms with Gasteiger partial charge in [0.15, 0.2) is 0 Å². The van der Waals surface area contributed by atoms with Gasteiger partial charge < -0.3 is 9.64 Å². The van der Waals surface area contributed by atoms with E-state index in [1.165, 1.54) is 11.3 Å². The van der Waals surface area contributed by atoms with Crippen molar-refractivity contribution < 1.29 is 9.53 Å². The highest BCUT2D eigenvalue weighted by Gasteiger charge is 2.19. The summed E-state index contributed by atoms with van der Waals surface area (Å²) in [5.74, 6) is 0.483. The number of methoxy groups -OCH3 is 1. The molecule has 0 spiro atoms. The minimum atomic E-state index is -0.0584. The van der Waals surface area contributed by atoms with Gasteiger partial charge in [0.2, 0.25) is 5.88 Å². The molecule has 0 saturated carbocycles. The summed E-state index contributed by atoms with van der Waals surface area (Å²) in [5.41, 5.74) is 1.52. The topological polar surface area (TPSA) is 42.4 Å². The third-order valence-corrected chi connectivity index (χ3v) is 4.54. The van der Waals surface area contributed by atoms with E-state index in [4.69, 9.17) is 4.74 Å². The van der Waals surface area contributed by atoms with Crippen LogP contribution in [-0.2, 0) is 0 Å². The molecule has 0 atom stereocenters. The fraction of sp³-hybridized carbons (Fsp3) is 0.231. The second-order valence-corrected chi connectivity index (χ2v) is 5.69. The molecule has 0 radical (unpaired) electrons. The van der Waals surface area contributed by atoms with E-state index in [0.717, 1.165) is 15.9 Å². The summed E-state index contributed by atoms with van der Waals surface area (Å²) < 4.78 is 5.87. The van der Waals surface area contributed by atoms with Crippen LogP contribution < -0.4 is 9.64 Å². The lowest BCUT2D eigenvalue weighted by atomic mass is 10.2. The summed E-state index contributed by atoms with van der Waals surface area (Å²) in [4.78, 5) is 18.9. The van der Waals surface area contributed by atoms with E-state index in [9.17, 15) is 4.79 Å². The van der Waals surface area contributed by atoms with Gasteiger partial charge >= 0.3 is 0 Å². The van der Waals surface area contributed by atoms with Crippen molar-refractivity contribution >= 4 is 38.9 Å². The van der Waals surface area contributed by atoms with Gasteiger partial charge in [0.05, 0.1) is 18.5 Å². The number of hydrogen-bond acceptors (Lipinski definition) is 4. The fourth-order valence-electron chi connectivity index (χ4n) is 1.71. The van der Waals surface area contributed by atoms with Crippen molar-refractivity contribution in [2.24, 2.45) is 0 Å². The Morgan fingerprint density at radius 1 is 1.42 bits per heavy atom. The summed E-state index contributed by atoms with van der Waals surface area (Å²) in [5, 5.41) is 1.88. The lowest BCUT2D eigenvalue weighted by Gasteiger charge is -2.18. The van der Waals surface area contributed by atoms with Crippen LogP contribution in [0.3, 0.4) is 0 Å². The Kier molecular flexibility index (Phi) is 4.21. The molecule has 0 aromatic carbocycles. The van der Waals surface area contributed by atoms with Crippen LogP contribution in [0, 0.1) is 6.92 Å². The quantitative estimate of drug-likeness (QED) is 0.858. The number of rotatable bonds is 3. The zero-order valence-corrected chi connectivity index (χ0v) is 13.2. The summed E-state index contributed by atoms with van der Waals surface area (Å²) in [6.07, 6.45) is 0. The van der Waals surface area contributed by atoms with Crippen LogP contribution in [-0.4, -0.2) is 25.0 Å². The Labute approximate surface area is 124 Å². The normalized spacial score (nSPS) is 10.3. The van der Waals surface area contributed by atoms with E-state index in [0.29, 0.717) is 10.8 Å². The maximum Gasteiger partial charge on any atom is 0.269 e. The molecule has 2 heterocycles. The van der Waals surface area contributed by atoms with E-state index in [2.05, 4.69) is 20.9 Å². The number of thiophene rings is 1. The molecule has 2 aromatic heterocycles. The molecular weight excluding hydrogens is 328 g/mol. The average Bonchev–Trinajstić information content (AvgIpc) is 2.83. The third kappa shape index (κ3) is 2.79. The van der Waals surface area contributed by atoms with Gasteiger partial charge in [-0.15, -0.1) is 11.3 Å². The molecule has 0 aliphatic carbocycles. The van der Waals surface area contributed by atoms with Crippen molar-refractivity contribution in [3.05, 3.63) is 38.6 Å². The Balaban J connectivity index is 2.32. The first kappa shape index (κ1) is 14.0. The molecule has 0 N–H and O–H groups in total. The molecule has 0 saturated heterocycles. The average molecular weight is 341 g/mol. The number of aryl methyl sites for hydroxylation is 1. The van der Waals surface area contributed by atoms with E-state index in [1.807, 2.05) is 24.4 Å². The largest absolute Gasteiger partial charge is 0.481 e. The summed E-state index contributed by atoms with van der Waals surface area (Å²) in [7, 11) is 3.31. The molecule has 0 aliphatic rings. The molecular formula is C13H13BrN2O2S. The Morgan fingerprint density at radius 3 is 2.68 bits per heavy atom. The van der Waals surface area contributed by atoms with E-state index < -0.39 is 0 Å². The van der Waals surface area contributed by atoms with Crippen molar-refractivity contribution in [2.45, 2.75) is 6.92 Å². The summed E-state index contributed by atoms with van der Waals surface area (Å²) in [6.45, 7) is 1.85. The molecule has 4 nitrogen and oxygen atoms in total. The van der Waals surface area contributed by atoms with Gasteiger partial charge in [-0.1, -0.05) is 0 Å². The predicted molar refractivity (Wildman–Crippen MR) is 80.3 cm³/mol. The molecule has 0 fully saturated rings. The van der Waals surface area contributed by atoms with Crippen molar-refractivity contribution in [1.29, 1.82) is 0 Å². The number of anilines is 1. The van der Waals surface area contributed by atoms with Crippen molar-refractivity contribution in [2.75, 3.05) is 19.1 Å². The van der Waals surface area contributed by atoms with Crippen molar-refractivity contribution in [3.63, 3.8) is 0 Å². The maximum absolute atomic E-state index is 12.4. The van der Waals surface area contributed by atoms with E-state index >= 15 is 0 Å². The maximum atomic E-state index is 12.4. The second-order valence-electron chi connectivity index (χ2n) is 3.92. The van der Waals surface area contributed by atoms with Crippen LogP contribution in [0.25, 0.3) is 0 Å². The zero-order valence-electron chi connectivity index (χ0n) is 10.8. The number of aromatic nitrogens is 1. The minimum absolute atomic E-state index is 0.0584. The first-order valence-corrected chi connectivity index (χ1v) is 7.24. The fourth-order valence-corrected chi connectivity index (χ4v) is 3.22. The number of hydrogen-bond donors (Lipinski definition) is 0. The van der Waals surface area contributed by atoms with Gasteiger partial charge in [0, 0.05) is 17.6 Å². The van der Waals surface area contributed by atoms with Crippen LogP contribution in [0.1, 0.15) is 15.4 Å². The van der Waals surface area contributed by atoms with Crippen LogP contribution in [0.15, 0.2) is 28.1 Å². The van der Waals surface area contributed by atoms with Crippen molar-refractivity contribution in [1.82, 2.24) is 4.98 Å². The van der Waals surface area contributed by atoms with Crippen LogP contribution in [0.5, 0.6) is 5.88 Å². The highest BCUT2D eigenvalue weighted by molar-refractivity contribution is 9.10. The van der Waals surface area contributed by atoms with Crippen LogP contribution in [0.4, 0.5) is 5.69 Å². The van der Waals surface area contributed by atoms with Gasteiger partial charge in [0.25, 0.3) is 5.91 Å². The second kappa shape index (κ2) is 5.71. The molecule has 0 unspecified atom stereocenters. The first-order valence-electron chi connectivity index (χ1n) is 5.57. The van der Waals surface area contributed by atoms with Gasteiger partial charge in [-0.2, -0.15) is 0 Å². The number of carbonyl (C=O) groups is 1. The molecule has 6 heteroatoms. The highest BCUT2D eigenvalue weighted by atomic mass is 79.9. The van der Waals surface area contributed by atoms with Crippen LogP contribution >= 0.6 is 27.3 Å². The number of halogens is 1. The number of ether oxygens (including phenoxy) is 1. The van der Waals surface area contributed by atoms with Gasteiger partial charge in [-0.05, 0) is 40.4 Å². The Morgan fingerprint density at radius 2 is 2.16 bits per heavy atom. The molecule has 100 valence electrons. The lowest BCUT2D eigenvalue weighted by molar-refractivity contribution is 0.0996.